The van der Waals surface area contributed by atoms with Crippen molar-refractivity contribution in [3.8, 4) is 0 Å². The van der Waals surface area contributed by atoms with E-state index in [1.807, 2.05) is 64.3 Å². The van der Waals surface area contributed by atoms with E-state index in [1.54, 1.807) is 12.5 Å². The topological polar surface area (TPSA) is 54.3 Å². The summed E-state index contributed by atoms with van der Waals surface area (Å²) in [5.41, 5.74) is 1.90. The Balaban J connectivity index is 1.39. The van der Waals surface area contributed by atoms with Crippen LogP contribution in [0.4, 0.5) is 5.82 Å². The molecule has 2 aromatic heterocycles. The summed E-state index contributed by atoms with van der Waals surface area (Å²) in [6.45, 7) is 3.98. The summed E-state index contributed by atoms with van der Waals surface area (Å²) in [5.74, 6) is 1.09. The van der Waals surface area contributed by atoms with Gasteiger partial charge in [0.05, 0.1) is 6.33 Å². The number of amides is 1. The first-order valence-corrected chi connectivity index (χ1v) is 9.29. The first-order valence-electron chi connectivity index (χ1n) is 9.29. The Morgan fingerprint density at radius 1 is 0.963 bits per heavy atom. The van der Waals surface area contributed by atoms with Crippen molar-refractivity contribution in [3.63, 3.8) is 0 Å². The van der Waals surface area contributed by atoms with Gasteiger partial charge >= 0.3 is 0 Å². The maximum Gasteiger partial charge on any atom is 0.253 e. The summed E-state index contributed by atoms with van der Waals surface area (Å²) in [6.07, 6.45) is 8.26. The van der Waals surface area contributed by atoms with Crippen molar-refractivity contribution in [2.45, 2.75) is 13.0 Å². The van der Waals surface area contributed by atoms with Gasteiger partial charge in [-0.15, -0.1) is 0 Å². The highest BCUT2D eigenvalue weighted by molar-refractivity contribution is 5.94. The van der Waals surface area contributed by atoms with E-state index in [1.165, 1.54) is 0 Å². The van der Waals surface area contributed by atoms with E-state index in [0.717, 1.165) is 49.5 Å². The van der Waals surface area contributed by atoms with Crippen LogP contribution >= 0.6 is 0 Å². The first kappa shape index (κ1) is 17.3. The zero-order chi connectivity index (χ0) is 18.5. The molecule has 1 fully saturated rings. The Labute approximate surface area is 159 Å². The lowest BCUT2D eigenvalue weighted by Gasteiger charge is -2.23. The van der Waals surface area contributed by atoms with Crippen molar-refractivity contribution >= 4 is 11.7 Å². The lowest BCUT2D eigenvalue weighted by Crippen LogP contribution is -2.35. The summed E-state index contributed by atoms with van der Waals surface area (Å²) in [7, 11) is 0. The second kappa shape index (κ2) is 8.03. The molecule has 0 aliphatic carbocycles. The van der Waals surface area contributed by atoms with Crippen LogP contribution < -0.4 is 4.90 Å². The van der Waals surface area contributed by atoms with Gasteiger partial charge in [0.25, 0.3) is 5.91 Å². The summed E-state index contributed by atoms with van der Waals surface area (Å²) >= 11 is 0. The molecule has 138 valence electrons. The highest BCUT2D eigenvalue weighted by atomic mass is 16.2. The molecule has 6 heteroatoms. The van der Waals surface area contributed by atoms with E-state index < -0.39 is 0 Å². The van der Waals surface area contributed by atoms with E-state index in [0.29, 0.717) is 6.54 Å². The van der Waals surface area contributed by atoms with Crippen LogP contribution in [0.5, 0.6) is 0 Å². The Bertz CT molecular complexity index is 861. The first-order chi connectivity index (χ1) is 13.3. The monoisotopic (exact) mass is 361 g/mol. The van der Waals surface area contributed by atoms with E-state index in [9.17, 15) is 4.79 Å². The highest BCUT2D eigenvalue weighted by Crippen LogP contribution is 2.15. The largest absolute Gasteiger partial charge is 0.355 e. The number of hydrogen-bond acceptors (Lipinski definition) is 4. The lowest BCUT2D eigenvalue weighted by molar-refractivity contribution is 0.0767. The van der Waals surface area contributed by atoms with Crippen molar-refractivity contribution < 1.29 is 4.79 Å². The van der Waals surface area contributed by atoms with E-state index in [4.69, 9.17) is 0 Å². The molecule has 0 atom stereocenters. The maximum atomic E-state index is 12.9. The van der Waals surface area contributed by atoms with Crippen LogP contribution in [0, 0.1) is 0 Å². The van der Waals surface area contributed by atoms with E-state index in [-0.39, 0.29) is 5.91 Å². The quantitative estimate of drug-likeness (QED) is 0.717. The van der Waals surface area contributed by atoms with Crippen molar-refractivity contribution in [2.24, 2.45) is 0 Å². The fraction of sp³-hybridized carbons (Fsp3) is 0.286. The molecule has 27 heavy (non-hydrogen) atoms. The number of pyridine rings is 1. The third-order valence-electron chi connectivity index (χ3n) is 4.88. The zero-order valence-corrected chi connectivity index (χ0v) is 15.2. The number of nitrogens with zero attached hydrogens (tertiary/aromatic N) is 5. The number of benzene rings is 1. The smallest absolute Gasteiger partial charge is 0.253 e. The molecule has 1 aliphatic rings. The molecule has 0 unspecified atom stereocenters. The number of carbonyl (C=O) groups excluding carboxylic acids is 1. The fourth-order valence-electron chi connectivity index (χ4n) is 3.42. The van der Waals surface area contributed by atoms with Crippen LogP contribution in [-0.4, -0.2) is 51.5 Å². The van der Waals surface area contributed by atoms with Gasteiger partial charge in [-0.2, -0.15) is 0 Å². The van der Waals surface area contributed by atoms with Crippen LogP contribution in [0.2, 0.25) is 0 Å². The Morgan fingerprint density at radius 2 is 1.85 bits per heavy atom. The second-order valence-corrected chi connectivity index (χ2v) is 6.75. The normalized spacial score (nSPS) is 14.8. The van der Waals surface area contributed by atoms with Gasteiger partial charge in [-0.1, -0.05) is 18.2 Å². The molecule has 0 spiro atoms. The molecule has 3 heterocycles. The lowest BCUT2D eigenvalue weighted by atomic mass is 10.1. The molecule has 1 amide bonds. The molecule has 1 saturated heterocycles. The molecule has 4 rings (SSSR count). The average Bonchev–Trinajstić information content (AvgIpc) is 3.10. The highest BCUT2D eigenvalue weighted by Gasteiger charge is 2.20. The number of rotatable bonds is 4. The Hall–Kier alpha value is -3.15. The van der Waals surface area contributed by atoms with Crippen molar-refractivity contribution in [1.82, 2.24) is 19.4 Å². The third kappa shape index (κ3) is 4.16. The minimum absolute atomic E-state index is 0.104. The third-order valence-corrected chi connectivity index (χ3v) is 4.88. The molecular formula is C21H23N5O. The van der Waals surface area contributed by atoms with Gasteiger partial charge in [-0.3, -0.25) is 4.79 Å². The van der Waals surface area contributed by atoms with Gasteiger partial charge in [-0.25, -0.2) is 9.97 Å². The summed E-state index contributed by atoms with van der Waals surface area (Å²) in [6, 6.07) is 13.8. The van der Waals surface area contributed by atoms with Crippen LogP contribution in [-0.2, 0) is 6.54 Å². The molecule has 0 saturated carbocycles. The van der Waals surface area contributed by atoms with Gasteiger partial charge in [-0.05, 0) is 36.2 Å². The number of hydrogen-bond donors (Lipinski definition) is 0. The molecule has 1 aliphatic heterocycles. The van der Waals surface area contributed by atoms with Gasteiger partial charge < -0.3 is 14.4 Å². The fourth-order valence-corrected chi connectivity index (χ4v) is 3.42. The molecule has 0 bridgehead atoms. The SMILES string of the molecule is O=C(c1ccc(Cn2ccnc2)cc1)N1CCCN(c2ccccn2)CC1. The van der Waals surface area contributed by atoms with Crippen molar-refractivity contribution in [1.29, 1.82) is 0 Å². The molecular weight excluding hydrogens is 338 g/mol. The number of carbonyl (C=O) groups is 1. The van der Waals surface area contributed by atoms with Crippen molar-refractivity contribution in [3.05, 3.63) is 78.5 Å². The molecule has 1 aromatic carbocycles. The number of imidazole rings is 1. The average molecular weight is 361 g/mol. The number of anilines is 1. The number of aromatic nitrogens is 3. The van der Waals surface area contributed by atoms with Crippen LogP contribution in [0.15, 0.2) is 67.4 Å². The van der Waals surface area contributed by atoms with Gasteiger partial charge in [0.2, 0.25) is 0 Å². The van der Waals surface area contributed by atoms with Crippen molar-refractivity contribution in [2.75, 3.05) is 31.1 Å². The molecule has 6 nitrogen and oxygen atoms in total. The predicted molar refractivity (Wildman–Crippen MR) is 105 cm³/mol. The summed E-state index contributed by atoms with van der Waals surface area (Å²) < 4.78 is 2.01. The van der Waals surface area contributed by atoms with Gasteiger partial charge in [0, 0.05) is 56.9 Å². The Kier molecular flexibility index (Phi) is 5.14. The molecule has 0 N–H and O–H groups in total. The summed E-state index contributed by atoms with van der Waals surface area (Å²) in [5, 5.41) is 0. The zero-order valence-electron chi connectivity index (χ0n) is 15.2. The van der Waals surface area contributed by atoms with E-state index in [2.05, 4.69) is 14.9 Å². The Morgan fingerprint density at radius 3 is 2.59 bits per heavy atom. The van der Waals surface area contributed by atoms with Gasteiger partial charge in [0.15, 0.2) is 0 Å². The maximum absolute atomic E-state index is 12.9. The van der Waals surface area contributed by atoms with Crippen LogP contribution in [0.25, 0.3) is 0 Å². The van der Waals surface area contributed by atoms with Crippen LogP contribution in [0.3, 0.4) is 0 Å². The minimum Gasteiger partial charge on any atom is -0.355 e. The van der Waals surface area contributed by atoms with E-state index >= 15 is 0 Å². The van der Waals surface area contributed by atoms with Gasteiger partial charge in [0.1, 0.15) is 5.82 Å². The molecule has 0 radical (unpaired) electrons. The molecule has 3 aromatic rings. The van der Waals surface area contributed by atoms with Crippen LogP contribution in [0.1, 0.15) is 22.3 Å². The minimum atomic E-state index is 0.104. The summed E-state index contributed by atoms with van der Waals surface area (Å²) in [4.78, 5) is 25.6. The second-order valence-electron chi connectivity index (χ2n) is 6.75. The predicted octanol–water partition coefficient (Wildman–Crippen LogP) is 2.68. The standard InChI is InChI=1S/C21H23N5O/c27-21(19-7-5-18(6-8-19)16-24-13-10-22-17-24)26-12-3-11-25(14-15-26)20-4-1-2-9-23-20/h1-2,4-10,13,17H,3,11-12,14-16H2.